The SMILES string of the molecule is CCOc1ccc(NC(=O)CS/C(=C/c2ccc(Cl)cc2)C(=O)O)cc1. The van der Waals surface area contributed by atoms with Crippen LogP contribution in [-0.2, 0) is 9.59 Å². The summed E-state index contributed by atoms with van der Waals surface area (Å²) in [6, 6.07) is 13.8. The number of hydrogen-bond donors (Lipinski definition) is 2. The van der Waals surface area contributed by atoms with E-state index in [1.54, 1.807) is 48.5 Å². The summed E-state index contributed by atoms with van der Waals surface area (Å²) in [7, 11) is 0. The number of benzene rings is 2. The van der Waals surface area contributed by atoms with Crippen molar-refractivity contribution >= 4 is 47.0 Å². The van der Waals surface area contributed by atoms with Crippen LogP contribution in [0, 0.1) is 0 Å². The van der Waals surface area contributed by atoms with Crippen LogP contribution in [0.15, 0.2) is 53.4 Å². The Hall–Kier alpha value is -2.44. The summed E-state index contributed by atoms with van der Waals surface area (Å²) in [6.45, 7) is 2.46. The van der Waals surface area contributed by atoms with Crippen molar-refractivity contribution in [1.82, 2.24) is 0 Å². The number of nitrogens with one attached hydrogen (secondary N) is 1. The van der Waals surface area contributed by atoms with Crippen LogP contribution < -0.4 is 10.1 Å². The van der Waals surface area contributed by atoms with Crippen molar-refractivity contribution < 1.29 is 19.4 Å². The van der Waals surface area contributed by atoms with E-state index in [1.165, 1.54) is 6.08 Å². The Morgan fingerprint density at radius 1 is 1.15 bits per heavy atom. The Kier molecular flexibility index (Phi) is 7.56. The van der Waals surface area contributed by atoms with Gasteiger partial charge in [-0.05, 0) is 55.0 Å². The second kappa shape index (κ2) is 9.89. The highest BCUT2D eigenvalue weighted by atomic mass is 35.5. The molecule has 0 heterocycles. The fraction of sp³-hybridized carbons (Fsp3) is 0.158. The van der Waals surface area contributed by atoms with E-state index in [-0.39, 0.29) is 16.6 Å². The molecule has 7 heteroatoms. The minimum atomic E-state index is -1.08. The number of amides is 1. The summed E-state index contributed by atoms with van der Waals surface area (Å²) >= 11 is 6.77. The minimum absolute atomic E-state index is 0.0149. The lowest BCUT2D eigenvalue weighted by Crippen LogP contribution is -2.15. The van der Waals surface area contributed by atoms with E-state index in [4.69, 9.17) is 16.3 Å². The Bertz CT molecular complexity index is 788. The second-order valence-corrected chi connectivity index (χ2v) is 6.61. The number of aliphatic carboxylic acids is 1. The van der Waals surface area contributed by atoms with E-state index in [0.29, 0.717) is 22.9 Å². The van der Waals surface area contributed by atoms with E-state index < -0.39 is 5.97 Å². The summed E-state index contributed by atoms with van der Waals surface area (Å²) < 4.78 is 5.34. The van der Waals surface area contributed by atoms with E-state index >= 15 is 0 Å². The summed E-state index contributed by atoms with van der Waals surface area (Å²) in [5, 5.41) is 12.6. The molecule has 0 aliphatic carbocycles. The molecule has 0 saturated heterocycles. The molecule has 0 atom stereocenters. The minimum Gasteiger partial charge on any atom is -0.494 e. The van der Waals surface area contributed by atoms with Gasteiger partial charge in [-0.3, -0.25) is 4.79 Å². The highest BCUT2D eigenvalue weighted by molar-refractivity contribution is 8.04. The molecule has 2 aromatic rings. The maximum absolute atomic E-state index is 12.0. The maximum Gasteiger partial charge on any atom is 0.342 e. The van der Waals surface area contributed by atoms with Crippen molar-refractivity contribution in [2.45, 2.75) is 6.92 Å². The van der Waals surface area contributed by atoms with Gasteiger partial charge < -0.3 is 15.2 Å². The molecule has 0 aliphatic rings. The quantitative estimate of drug-likeness (QED) is 0.646. The number of carboxylic acid groups (broad SMARTS) is 1. The molecule has 2 aromatic carbocycles. The summed E-state index contributed by atoms with van der Waals surface area (Å²) in [4.78, 5) is 23.5. The molecular weight excluding hydrogens is 374 g/mol. The molecule has 136 valence electrons. The summed E-state index contributed by atoms with van der Waals surface area (Å²) in [5.74, 6) is -0.668. The number of rotatable bonds is 8. The number of thioether (sulfide) groups is 1. The van der Waals surface area contributed by atoms with Gasteiger partial charge in [0.05, 0.1) is 17.3 Å². The second-order valence-electron chi connectivity index (χ2n) is 5.16. The summed E-state index contributed by atoms with van der Waals surface area (Å²) in [6.07, 6.45) is 1.51. The van der Waals surface area contributed by atoms with Crippen molar-refractivity contribution in [3.8, 4) is 5.75 Å². The zero-order chi connectivity index (χ0) is 18.9. The van der Waals surface area contributed by atoms with Gasteiger partial charge in [0.2, 0.25) is 5.91 Å². The molecule has 26 heavy (non-hydrogen) atoms. The van der Waals surface area contributed by atoms with Crippen LogP contribution >= 0.6 is 23.4 Å². The monoisotopic (exact) mass is 391 g/mol. The van der Waals surface area contributed by atoms with Crippen molar-refractivity contribution in [2.75, 3.05) is 17.7 Å². The van der Waals surface area contributed by atoms with Gasteiger partial charge in [-0.1, -0.05) is 23.7 Å². The topological polar surface area (TPSA) is 75.6 Å². The predicted octanol–water partition coefficient (Wildman–Crippen LogP) is 4.54. The lowest BCUT2D eigenvalue weighted by molar-refractivity contribution is -0.131. The van der Waals surface area contributed by atoms with Gasteiger partial charge >= 0.3 is 5.97 Å². The number of carboxylic acids is 1. The van der Waals surface area contributed by atoms with E-state index in [9.17, 15) is 14.7 Å². The molecule has 0 unspecified atom stereocenters. The standard InChI is InChI=1S/C19H18ClNO4S/c1-2-25-16-9-7-15(8-10-16)21-18(22)12-26-17(19(23)24)11-13-3-5-14(20)6-4-13/h3-11H,2,12H2,1H3,(H,21,22)(H,23,24)/b17-11+. The van der Waals surface area contributed by atoms with Crippen LogP contribution in [0.2, 0.25) is 5.02 Å². The zero-order valence-corrected chi connectivity index (χ0v) is 15.6. The smallest absolute Gasteiger partial charge is 0.342 e. The van der Waals surface area contributed by atoms with Crippen LogP contribution in [0.3, 0.4) is 0 Å². The molecule has 0 aromatic heterocycles. The summed E-state index contributed by atoms with van der Waals surface area (Å²) in [5.41, 5.74) is 1.32. The van der Waals surface area contributed by atoms with Gasteiger partial charge in [-0.2, -0.15) is 0 Å². The molecule has 0 radical (unpaired) electrons. The molecule has 0 aliphatic heterocycles. The van der Waals surface area contributed by atoms with E-state index in [1.807, 2.05) is 6.92 Å². The van der Waals surface area contributed by atoms with Gasteiger partial charge in [0.25, 0.3) is 0 Å². The number of carbonyl (C=O) groups is 2. The van der Waals surface area contributed by atoms with Gasteiger partial charge in [-0.25, -0.2) is 4.79 Å². The molecule has 1 amide bonds. The normalized spacial score (nSPS) is 11.1. The largest absolute Gasteiger partial charge is 0.494 e. The first-order chi connectivity index (χ1) is 12.5. The molecule has 0 bridgehead atoms. The van der Waals surface area contributed by atoms with E-state index in [0.717, 1.165) is 17.5 Å². The Labute approximate surface area is 161 Å². The first kappa shape index (κ1) is 19.9. The van der Waals surface area contributed by atoms with Crippen molar-refractivity contribution in [3.63, 3.8) is 0 Å². The van der Waals surface area contributed by atoms with Crippen LogP contribution in [0.5, 0.6) is 5.75 Å². The van der Waals surface area contributed by atoms with Crippen LogP contribution in [0.1, 0.15) is 12.5 Å². The number of halogens is 1. The first-order valence-corrected chi connectivity index (χ1v) is 9.20. The molecule has 0 saturated carbocycles. The number of ether oxygens (including phenoxy) is 1. The highest BCUT2D eigenvalue weighted by Crippen LogP contribution is 2.22. The Morgan fingerprint density at radius 2 is 1.81 bits per heavy atom. The zero-order valence-electron chi connectivity index (χ0n) is 14.1. The maximum atomic E-state index is 12.0. The van der Waals surface area contributed by atoms with Crippen LogP contribution in [0.4, 0.5) is 5.69 Å². The van der Waals surface area contributed by atoms with Gasteiger partial charge in [0, 0.05) is 10.7 Å². The number of carbonyl (C=O) groups excluding carboxylic acids is 1. The third kappa shape index (κ3) is 6.46. The third-order valence-corrected chi connectivity index (χ3v) is 4.45. The van der Waals surface area contributed by atoms with Crippen LogP contribution in [-0.4, -0.2) is 29.3 Å². The predicted molar refractivity (Wildman–Crippen MR) is 106 cm³/mol. The average molecular weight is 392 g/mol. The first-order valence-electron chi connectivity index (χ1n) is 7.84. The number of anilines is 1. The highest BCUT2D eigenvalue weighted by Gasteiger charge is 2.12. The molecule has 2 rings (SSSR count). The van der Waals surface area contributed by atoms with Crippen LogP contribution in [0.25, 0.3) is 6.08 Å². The fourth-order valence-corrected chi connectivity index (χ4v) is 2.84. The van der Waals surface area contributed by atoms with Crippen molar-refractivity contribution in [2.24, 2.45) is 0 Å². The lowest BCUT2D eigenvalue weighted by atomic mass is 10.2. The Morgan fingerprint density at radius 3 is 2.38 bits per heavy atom. The van der Waals surface area contributed by atoms with Gasteiger partial charge in [0.15, 0.2) is 0 Å². The van der Waals surface area contributed by atoms with E-state index in [2.05, 4.69) is 5.32 Å². The van der Waals surface area contributed by atoms with Gasteiger partial charge in [-0.15, -0.1) is 11.8 Å². The average Bonchev–Trinajstić information content (AvgIpc) is 2.62. The van der Waals surface area contributed by atoms with Gasteiger partial charge in [0.1, 0.15) is 5.75 Å². The molecule has 2 N–H and O–H groups in total. The molecule has 0 spiro atoms. The fourth-order valence-electron chi connectivity index (χ4n) is 2.02. The molecule has 5 nitrogen and oxygen atoms in total. The lowest BCUT2D eigenvalue weighted by Gasteiger charge is -2.07. The van der Waals surface area contributed by atoms with Crippen molar-refractivity contribution in [1.29, 1.82) is 0 Å². The molecule has 0 fully saturated rings. The Balaban J connectivity index is 1.94. The third-order valence-electron chi connectivity index (χ3n) is 3.19. The van der Waals surface area contributed by atoms with Crippen molar-refractivity contribution in [3.05, 3.63) is 64.0 Å². The molecular formula is C19H18ClNO4S. The number of hydrogen-bond acceptors (Lipinski definition) is 4.